The minimum absolute atomic E-state index is 0.524. The first-order valence-electron chi connectivity index (χ1n) is 8.40. The van der Waals surface area contributed by atoms with E-state index in [2.05, 4.69) is 19.9 Å². The summed E-state index contributed by atoms with van der Waals surface area (Å²) in [5.41, 5.74) is 7.63. The lowest BCUT2D eigenvalue weighted by molar-refractivity contribution is 0.458. The van der Waals surface area contributed by atoms with E-state index in [1.54, 1.807) is 12.4 Å². The zero-order chi connectivity index (χ0) is 18.4. The first-order chi connectivity index (χ1) is 12.6. The molecule has 0 bridgehead atoms. The molecule has 0 radical (unpaired) electrons. The van der Waals surface area contributed by atoms with E-state index in [1.165, 1.54) is 5.56 Å². The smallest absolute Gasteiger partial charge is 0.222 e. The molecule has 0 aliphatic carbocycles. The summed E-state index contributed by atoms with van der Waals surface area (Å²) in [6.07, 6.45) is 5.40. The van der Waals surface area contributed by atoms with Crippen LogP contribution in [0.3, 0.4) is 0 Å². The summed E-state index contributed by atoms with van der Waals surface area (Å²) in [6, 6.07) is 9.70. The Kier molecular flexibility index (Phi) is 6.09. The van der Waals surface area contributed by atoms with E-state index in [9.17, 15) is 0 Å². The highest BCUT2D eigenvalue weighted by Crippen LogP contribution is 2.21. The molecule has 0 aliphatic rings. The Morgan fingerprint density at radius 3 is 2.42 bits per heavy atom. The Morgan fingerprint density at radius 1 is 1.00 bits per heavy atom. The fourth-order valence-electron chi connectivity index (χ4n) is 2.50. The fourth-order valence-corrected chi connectivity index (χ4v) is 2.60. The van der Waals surface area contributed by atoms with E-state index >= 15 is 0 Å². The molecule has 0 amide bonds. The van der Waals surface area contributed by atoms with Crippen molar-refractivity contribution >= 4 is 11.6 Å². The maximum atomic E-state index is 5.87. The Labute approximate surface area is 157 Å². The number of aromatic nitrogens is 4. The van der Waals surface area contributed by atoms with Gasteiger partial charge in [-0.15, -0.1) is 0 Å². The van der Waals surface area contributed by atoms with E-state index in [0.717, 1.165) is 23.7 Å². The van der Waals surface area contributed by atoms with Crippen molar-refractivity contribution in [1.82, 2.24) is 19.9 Å². The zero-order valence-electron chi connectivity index (χ0n) is 14.5. The highest BCUT2D eigenvalue weighted by atomic mass is 35.5. The summed E-state index contributed by atoms with van der Waals surface area (Å²) in [6.45, 7) is 2.48. The molecule has 1 aromatic carbocycles. The van der Waals surface area contributed by atoms with Gasteiger partial charge in [0.05, 0.1) is 5.02 Å². The zero-order valence-corrected chi connectivity index (χ0v) is 15.3. The van der Waals surface area contributed by atoms with E-state index in [0.29, 0.717) is 36.1 Å². The number of hydrogen-bond donors (Lipinski definition) is 1. The average Bonchev–Trinajstić information content (AvgIpc) is 2.63. The molecule has 2 heterocycles. The van der Waals surface area contributed by atoms with Crippen molar-refractivity contribution in [3.05, 3.63) is 70.7 Å². The van der Waals surface area contributed by atoms with Crippen LogP contribution in [-0.4, -0.2) is 26.5 Å². The third-order valence-electron chi connectivity index (χ3n) is 3.72. The minimum Gasteiger partial charge on any atom is -0.439 e. The molecule has 0 atom stereocenters. The van der Waals surface area contributed by atoms with Gasteiger partial charge in [-0.3, -0.25) is 0 Å². The number of nitrogens with zero attached hydrogens (tertiary/aromatic N) is 4. The van der Waals surface area contributed by atoms with Crippen LogP contribution in [0, 0.1) is 6.92 Å². The van der Waals surface area contributed by atoms with Gasteiger partial charge in [-0.25, -0.2) is 15.0 Å². The number of halogens is 1. The predicted octanol–water partition coefficient (Wildman–Crippen LogP) is 3.31. The number of ether oxygens (including phenoxy) is 1. The Hall–Kier alpha value is -2.57. The maximum Gasteiger partial charge on any atom is 0.222 e. The SMILES string of the molecule is Cc1nc(CCc2ncc(Cl)cn2)cc(Oc2ccc(CCN)cc2)n1. The van der Waals surface area contributed by atoms with Crippen LogP contribution in [0.1, 0.15) is 22.9 Å². The van der Waals surface area contributed by atoms with Gasteiger partial charge < -0.3 is 10.5 Å². The van der Waals surface area contributed by atoms with Crippen molar-refractivity contribution in [3.8, 4) is 11.6 Å². The second-order valence-corrected chi connectivity index (χ2v) is 6.28. The van der Waals surface area contributed by atoms with Crippen LogP contribution >= 0.6 is 11.6 Å². The van der Waals surface area contributed by atoms with Crippen LogP contribution in [0.25, 0.3) is 0 Å². The summed E-state index contributed by atoms with van der Waals surface area (Å²) in [5.74, 6) is 2.64. The molecule has 0 aliphatic heterocycles. The van der Waals surface area contributed by atoms with Gasteiger partial charge in [0.25, 0.3) is 0 Å². The lowest BCUT2D eigenvalue weighted by atomic mass is 10.1. The van der Waals surface area contributed by atoms with Crippen LogP contribution in [0.5, 0.6) is 11.6 Å². The third-order valence-corrected chi connectivity index (χ3v) is 3.92. The van der Waals surface area contributed by atoms with Crippen LogP contribution < -0.4 is 10.5 Å². The first-order valence-corrected chi connectivity index (χ1v) is 8.78. The largest absolute Gasteiger partial charge is 0.439 e. The lowest BCUT2D eigenvalue weighted by Crippen LogP contribution is -2.03. The normalized spacial score (nSPS) is 10.7. The van der Waals surface area contributed by atoms with E-state index in [-0.39, 0.29) is 0 Å². The van der Waals surface area contributed by atoms with Crippen molar-refractivity contribution in [2.75, 3.05) is 6.54 Å². The molecule has 134 valence electrons. The lowest BCUT2D eigenvalue weighted by Gasteiger charge is -2.08. The van der Waals surface area contributed by atoms with Gasteiger partial charge in [0.2, 0.25) is 5.88 Å². The summed E-state index contributed by atoms with van der Waals surface area (Å²) in [4.78, 5) is 17.2. The van der Waals surface area contributed by atoms with Gasteiger partial charge >= 0.3 is 0 Å². The van der Waals surface area contributed by atoms with Gasteiger partial charge in [0.15, 0.2) is 0 Å². The quantitative estimate of drug-likeness (QED) is 0.687. The van der Waals surface area contributed by atoms with Gasteiger partial charge in [-0.05, 0) is 44.0 Å². The van der Waals surface area contributed by atoms with Crippen molar-refractivity contribution in [3.63, 3.8) is 0 Å². The molecule has 2 aromatic heterocycles. The van der Waals surface area contributed by atoms with E-state index in [4.69, 9.17) is 22.1 Å². The third kappa shape index (κ3) is 5.21. The second-order valence-electron chi connectivity index (χ2n) is 5.85. The van der Waals surface area contributed by atoms with Gasteiger partial charge in [0.1, 0.15) is 17.4 Å². The molecule has 3 aromatic rings. The molecule has 0 spiro atoms. The summed E-state index contributed by atoms with van der Waals surface area (Å²) in [5, 5.41) is 0.528. The summed E-state index contributed by atoms with van der Waals surface area (Å²) in [7, 11) is 0. The monoisotopic (exact) mass is 369 g/mol. The first kappa shape index (κ1) is 18.2. The molecule has 2 N–H and O–H groups in total. The van der Waals surface area contributed by atoms with Crippen LogP contribution in [0.2, 0.25) is 5.02 Å². The molecule has 0 saturated carbocycles. The molecular formula is C19H20ClN5O. The van der Waals surface area contributed by atoms with Crippen molar-refractivity contribution in [2.45, 2.75) is 26.2 Å². The minimum atomic E-state index is 0.524. The van der Waals surface area contributed by atoms with Crippen LogP contribution in [-0.2, 0) is 19.3 Å². The molecule has 6 nitrogen and oxygen atoms in total. The van der Waals surface area contributed by atoms with Gasteiger partial charge in [-0.1, -0.05) is 23.7 Å². The van der Waals surface area contributed by atoms with E-state index < -0.39 is 0 Å². The Balaban J connectivity index is 1.67. The number of aryl methyl sites for hydroxylation is 3. The highest BCUT2D eigenvalue weighted by molar-refractivity contribution is 6.30. The standard InChI is InChI=1S/C19H20ClN5O/c1-13-24-16(4-7-18-22-11-15(20)12-23-18)10-19(25-13)26-17-5-2-14(3-6-17)8-9-21/h2-3,5-6,10-12H,4,7-9,21H2,1H3. The number of benzene rings is 1. The fraction of sp³-hybridized carbons (Fsp3) is 0.263. The molecule has 0 saturated heterocycles. The van der Waals surface area contributed by atoms with E-state index in [1.807, 2.05) is 37.3 Å². The van der Waals surface area contributed by atoms with Gasteiger partial charge in [0, 0.05) is 30.6 Å². The maximum absolute atomic E-state index is 5.87. The molecular weight excluding hydrogens is 350 g/mol. The van der Waals surface area contributed by atoms with Gasteiger partial charge in [-0.2, -0.15) is 4.98 Å². The number of rotatable bonds is 7. The van der Waals surface area contributed by atoms with Crippen molar-refractivity contribution in [2.24, 2.45) is 5.73 Å². The van der Waals surface area contributed by atoms with Crippen LogP contribution in [0.4, 0.5) is 0 Å². The molecule has 7 heteroatoms. The molecule has 0 unspecified atom stereocenters. The second kappa shape index (κ2) is 8.69. The Morgan fingerprint density at radius 2 is 1.73 bits per heavy atom. The average molecular weight is 370 g/mol. The predicted molar refractivity (Wildman–Crippen MR) is 100 cm³/mol. The summed E-state index contributed by atoms with van der Waals surface area (Å²) < 4.78 is 5.87. The number of nitrogens with two attached hydrogens (primary N) is 1. The number of hydrogen-bond acceptors (Lipinski definition) is 6. The molecule has 0 fully saturated rings. The highest BCUT2D eigenvalue weighted by Gasteiger charge is 2.06. The topological polar surface area (TPSA) is 86.8 Å². The molecule has 3 rings (SSSR count). The van der Waals surface area contributed by atoms with Crippen molar-refractivity contribution in [1.29, 1.82) is 0 Å². The molecule has 26 heavy (non-hydrogen) atoms. The summed E-state index contributed by atoms with van der Waals surface area (Å²) >= 11 is 5.81. The van der Waals surface area contributed by atoms with Crippen molar-refractivity contribution < 1.29 is 4.74 Å². The Bertz CT molecular complexity index is 853. The van der Waals surface area contributed by atoms with Crippen LogP contribution in [0.15, 0.2) is 42.7 Å².